The number of hydrogen-bond donors (Lipinski definition) is 1. The lowest BCUT2D eigenvalue weighted by atomic mass is 10.1. The predicted molar refractivity (Wildman–Crippen MR) is 103 cm³/mol. The summed E-state index contributed by atoms with van der Waals surface area (Å²) in [5.41, 5.74) is 6.86. The van der Waals surface area contributed by atoms with Crippen molar-refractivity contribution in [3.8, 4) is 11.1 Å². The second kappa shape index (κ2) is 6.84. The summed E-state index contributed by atoms with van der Waals surface area (Å²) in [6.45, 7) is 1.81. The normalized spacial score (nSPS) is 11.5. The van der Waals surface area contributed by atoms with Gasteiger partial charge >= 0.3 is 0 Å². The van der Waals surface area contributed by atoms with E-state index in [2.05, 4.69) is 22.6 Å². The SMILES string of the molecule is Cc1ccccc1NC(=O)CON=C1c2ccccc2-c2ccccc21. The molecule has 4 nitrogen and oxygen atoms in total. The molecule has 0 spiro atoms. The number of oxime groups is 1. The average molecular weight is 342 g/mol. The number of hydrogen-bond acceptors (Lipinski definition) is 3. The van der Waals surface area contributed by atoms with Crippen LogP contribution in [-0.2, 0) is 9.63 Å². The summed E-state index contributed by atoms with van der Waals surface area (Å²) < 4.78 is 0. The number of carbonyl (C=O) groups excluding carboxylic acids is 1. The minimum atomic E-state index is -0.233. The Labute approximate surface area is 152 Å². The molecule has 0 aliphatic heterocycles. The molecule has 128 valence electrons. The van der Waals surface area contributed by atoms with Gasteiger partial charge in [0.15, 0.2) is 6.61 Å². The van der Waals surface area contributed by atoms with Crippen LogP contribution in [0.15, 0.2) is 78.0 Å². The zero-order chi connectivity index (χ0) is 17.9. The lowest BCUT2D eigenvalue weighted by Crippen LogP contribution is -2.18. The van der Waals surface area contributed by atoms with Crippen LogP contribution in [0.25, 0.3) is 11.1 Å². The Kier molecular flexibility index (Phi) is 4.23. The van der Waals surface area contributed by atoms with Crippen molar-refractivity contribution < 1.29 is 9.63 Å². The van der Waals surface area contributed by atoms with Crippen molar-refractivity contribution >= 4 is 17.3 Å². The fraction of sp³-hybridized carbons (Fsp3) is 0.0909. The molecule has 4 heteroatoms. The lowest BCUT2D eigenvalue weighted by Gasteiger charge is -2.07. The fourth-order valence-corrected chi connectivity index (χ4v) is 3.15. The highest BCUT2D eigenvalue weighted by Gasteiger charge is 2.24. The molecule has 1 aliphatic carbocycles. The summed E-state index contributed by atoms with van der Waals surface area (Å²) in [5.74, 6) is -0.233. The molecule has 1 aliphatic rings. The molecular weight excluding hydrogens is 324 g/mol. The second-order valence-electron chi connectivity index (χ2n) is 6.17. The first-order chi connectivity index (χ1) is 12.7. The maximum Gasteiger partial charge on any atom is 0.265 e. The first kappa shape index (κ1) is 16.1. The molecule has 0 saturated heterocycles. The number of carbonyl (C=O) groups is 1. The van der Waals surface area contributed by atoms with Gasteiger partial charge in [-0.15, -0.1) is 0 Å². The van der Waals surface area contributed by atoms with E-state index >= 15 is 0 Å². The number of aryl methyl sites for hydroxylation is 1. The van der Waals surface area contributed by atoms with Gasteiger partial charge in [-0.1, -0.05) is 71.9 Å². The summed E-state index contributed by atoms with van der Waals surface area (Å²) >= 11 is 0. The van der Waals surface area contributed by atoms with E-state index in [1.54, 1.807) is 0 Å². The maximum atomic E-state index is 12.1. The highest BCUT2D eigenvalue weighted by atomic mass is 16.6. The Bertz CT molecular complexity index is 961. The van der Waals surface area contributed by atoms with Crippen LogP contribution in [0.3, 0.4) is 0 Å². The van der Waals surface area contributed by atoms with Gasteiger partial charge in [-0.25, -0.2) is 0 Å². The molecule has 0 aromatic heterocycles. The van der Waals surface area contributed by atoms with Gasteiger partial charge in [0, 0.05) is 16.8 Å². The van der Waals surface area contributed by atoms with Crippen LogP contribution in [-0.4, -0.2) is 18.2 Å². The highest BCUT2D eigenvalue weighted by Crippen LogP contribution is 2.36. The van der Waals surface area contributed by atoms with Crippen LogP contribution >= 0.6 is 0 Å². The van der Waals surface area contributed by atoms with Gasteiger partial charge in [0.25, 0.3) is 5.91 Å². The molecule has 0 unspecified atom stereocenters. The summed E-state index contributed by atoms with van der Waals surface area (Å²) in [7, 11) is 0. The smallest absolute Gasteiger partial charge is 0.265 e. The Hall–Kier alpha value is -3.40. The van der Waals surface area contributed by atoms with Crippen LogP contribution in [0.1, 0.15) is 16.7 Å². The van der Waals surface area contributed by atoms with Crippen molar-refractivity contribution in [1.82, 2.24) is 0 Å². The number of amides is 1. The van der Waals surface area contributed by atoms with E-state index in [1.807, 2.05) is 67.6 Å². The molecule has 1 N–H and O–H groups in total. The van der Waals surface area contributed by atoms with E-state index in [1.165, 1.54) is 0 Å². The van der Waals surface area contributed by atoms with Crippen molar-refractivity contribution in [2.45, 2.75) is 6.92 Å². The first-order valence-corrected chi connectivity index (χ1v) is 8.48. The maximum absolute atomic E-state index is 12.1. The van der Waals surface area contributed by atoms with Gasteiger partial charge in [0.05, 0.1) is 0 Å². The van der Waals surface area contributed by atoms with E-state index in [-0.39, 0.29) is 12.5 Å². The van der Waals surface area contributed by atoms with Crippen molar-refractivity contribution in [2.75, 3.05) is 11.9 Å². The van der Waals surface area contributed by atoms with Crippen LogP contribution in [0.5, 0.6) is 0 Å². The largest absolute Gasteiger partial charge is 0.385 e. The highest BCUT2D eigenvalue weighted by molar-refractivity contribution is 6.24. The zero-order valence-corrected chi connectivity index (χ0v) is 14.4. The van der Waals surface area contributed by atoms with E-state index in [9.17, 15) is 4.79 Å². The van der Waals surface area contributed by atoms with E-state index in [0.717, 1.165) is 39.2 Å². The third kappa shape index (κ3) is 2.97. The van der Waals surface area contributed by atoms with Crippen molar-refractivity contribution in [3.63, 3.8) is 0 Å². The van der Waals surface area contributed by atoms with Crippen LogP contribution in [0.4, 0.5) is 5.69 Å². The molecule has 0 bridgehead atoms. The van der Waals surface area contributed by atoms with Crippen molar-refractivity contribution in [2.24, 2.45) is 5.16 Å². The number of fused-ring (bicyclic) bond motifs is 3. The third-order valence-corrected chi connectivity index (χ3v) is 4.43. The van der Waals surface area contributed by atoms with E-state index in [0.29, 0.717) is 0 Å². The molecular formula is C22H18N2O2. The van der Waals surface area contributed by atoms with E-state index in [4.69, 9.17) is 4.84 Å². The van der Waals surface area contributed by atoms with Gasteiger partial charge in [0.2, 0.25) is 0 Å². The van der Waals surface area contributed by atoms with Gasteiger partial charge in [0.1, 0.15) is 5.71 Å². The zero-order valence-electron chi connectivity index (χ0n) is 14.4. The Balaban J connectivity index is 1.51. The Morgan fingerprint density at radius 1 is 0.846 bits per heavy atom. The topological polar surface area (TPSA) is 50.7 Å². The molecule has 0 heterocycles. The van der Waals surface area contributed by atoms with Crippen molar-refractivity contribution in [3.05, 3.63) is 89.5 Å². The number of rotatable bonds is 4. The second-order valence-corrected chi connectivity index (χ2v) is 6.17. The third-order valence-electron chi connectivity index (χ3n) is 4.43. The monoisotopic (exact) mass is 342 g/mol. The Morgan fingerprint density at radius 2 is 1.38 bits per heavy atom. The van der Waals surface area contributed by atoms with Crippen LogP contribution in [0, 0.1) is 6.92 Å². The van der Waals surface area contributed by atoms with Crippen LogP contribution in [0.2, 0.25) is 0 Å². The molecule has 1 amide bonds. The van der Waals surface area contributed by atoms with Crippen molar-refractivity contribution in [1.29, 1.82) is 0 Å². The summed E-state index contributed by atoms with van der Waals surface area (Å²) in [4.78, 5) is 17.5. The molecule has 3 aromatic carbocycles. The summed E-state index contributed by atoms with van der Waals surface area (Å²) in [6, 6.07) is 23.8. The standard InChI is InChI=1S/C22H18N2O2/c1-15-8-2-7-13-20(15)23-21(25)14-26-24-22-18-11-5-3-9-16(18)17-10-4-6-12-19(17)22/h2-13H,14H2,1H3,(H,23,25). The van der Waals surface area contributed by atoms with Gasteiger partial charge in [-0.3, -0.25) is 4.79 Å². The minimum Gasteiger partial charge on any atom is -0.385 e. The molecule has 0 fully saturated rings. The molecule has 0 saturated carbocycles. The number of anilines is 1. The molecule has 3 aromatic rings. The van der Waals surface area contributed by atoms with Gasteiger partial charge < -0.3 is 10.2 Å². The molecule has 26 heavy (non-hydrogen) atoms. The first-order valence-electron chi connectivity index (χ1n) is 8.48. The predicted octanol–water partition coefficient (Wildman–Crippen LogP) is 4.38. The fourth-order valence-electron chi connectivity index (χ4n) is 3.15. The number of para-hydroxylation sites is 1. The average Bonchev–Trinajstić information content (AvgIpc) is 2.98. The van der Waals surface area contributed by atoms with E-state index < -0.39 is 0 Å². The number of nitrogens with one attached hydrogen (secondary N) is 1. The minimum absolute atomic E-state index is 0.137. The quantitative estimate of drug-likeness (QED) is 0.560. The molecule has 0 radical (unpaired) electrons. The van der Waals surface area contributed by atoms with Gasteiger partial charge in [-0.2, -0.15) is 0 Å². The summed E-state index contributed by atoms with van der Waals surface area (Å²) in [6.07, 6.45) is 0. The number of nitrogens with zero attached hydrogens (tertiary/aromatic N) is 1. The number of benzene rings is 3. The summed E-state index contributed by atoms with van der Waals surface area (Å²) in [5, 5.41) is 7.11. The Morgan fingerprint density at radius 3 is 2.00 bits per heavy atom. The lowest BCUT2D eigenvalue weighted by molar-refractivity contribution is -0.120. The van der Waals surface area contributed by atoms with Gasteiger partial charge in [-0.05, 0) is 29.7 Å². The molecule has 4 rings (SSSR count). The molecule has 0 atom stereocenters. The van der Waals surface area contributed by atoms with Crippen LogP contribution < -0.4 is 5.32 Å².